The predicted octanol–water partition coefficient (Wildman–Crippen LogP) is 6.19. The van der Waals surface area contributed by atoms with Gasteiger partial charge >= 0.3 is 0 Å². The molecule has 3 nitrogen and oxygen atoms in total. The minimum absolute atomic E-state index is 0.335. The molecule has 0 radical (unpaired) electrons. The van der Waals surface area contributed by atoms with Gasteiger partial charge in [0.1, 0.15) is 11.2 Å². The average molecular weight is 356 g/mol. The van der Waals surface area contributed by atoms with Crippen molar-refractivity contribution in [3.05, 3.63) is 60.0 Å². The fraction of sp³-hybridized carbons (Fsp3) is 0.333. The Kier molecular flexibility index (Phi) is 3.61. The van der Waals surface area contributed by atoms with E-state index >= 15 is 0 Å². The molecular formula is C24H24N2O. The number of pyridine rings is 2. The second kappa shape index (κ2) is 5.91. The van der Waals surface area contributed by atoms with Crippen LogP contribution in [0.1, 0.15) is 38.3 Å². The molecule has 3 aromatic heterocycles. The maximum atomic E-state index is 6.22. The van der Waals surface area contributed by atoms with Crippen molar-refractivity contribution in [1.82, 2.24) is 9.97 Å². The average Bonchev–Trinajstić information content (AvgIpc) is 3.05. The first-order chi connectivity index (χ1) is 13.0. The van der Waals surface area contributed by atoms with Crippen LogP contribution in [0.3, 0.4) is 0 Å². The molecule has 1 unspecified atom stereocenters. The lowest BCUT2D eigenvalue weighted by Gasteiger charge is -2.35. The topological polar surface area (TPSA) is 38.9 Å². The molecule has 5 rings (SSSR count). The largest absolute Gasteiger partial charge is 0.455 e. The molecule has 0 bridgehead atoms. The molecule has 0 aliphatic heterocycles. The molecule has 1 aromatic carbocycles. The normalized spacial score (nSPS) is 17.4. The monoisotopic (exact) mass is 356 g/mol. The van der Waals surface area contributed by atoms with E-state index in [0.29, 0.717) is 11.3 Å². The highest BCUT2D eigenvalue weighted by Gasteiger charge is 2.30. The van der Waals surface area contributed by atoms with Gasteiger partial charge in [-0.15, -0.1) is 0 Å². The zero-order valence-electron chi connectivity index (χ0n) is 16.1. The third-order valence-corrected chi connectivity index (χ3v) is 6.13. The van der Waals surface area contributed by atoms with Crippen LogP contribution < -0.4 is 0 Å². The van der Waals surface area contributed by atoms with Gasteiger partial charge in [0, 0.05) is 29.4 Å². The summed E-state index contributed by atoms with van der Waals surface area (Å²) in [6.45, 7) is 7.05. The van der Waals surface area contributed by atoms with Crippen molar-refractivity contribution in [2.75, 3.05) is 0 Å². The van der Waals surface area contributed by atoms with Gasteiger partial charge in [-0.2, -0.15) is 0 Å². The first-order valence-electron chi connectivity index (χ1n) is 9.75. The molecule has 0 saturated carbocycles. The summed E-state index contributed by atoms with van der Waals surface area (Å²) >= 11 is 0. The zero-order chi connectivity index (χ0) is 18.6. The molecule has 27 heavy (non-hydrogen) atoms. The van der Waals surface area contributed by atoms with Crippen LogP contribution in [0.25, 0.3) is 33.2 Å². The summed E-state index contributed by atoms with van der Waals surface area (Å²) < 4.78 is 6.22. The minimum Gasteiger partial charge on any atom is -0.455 e. The van der Waals surface area contributed by atoms with Gasteiger partial charge in [-0.05, 0) is 53.9 Å². The van der Waals surface area contributed by atoms with Crippen LogP contribution in [0.5, 0.6) is 0 Å². The van der Waals surface area contributed by atoms with Gasteiger partial charge in [-0.1, -0.05) is 39.0 Å². The van der Waals surface area contributed by atoms with E-state index in [1.54, 1.807) is 0 Å². The van der Waals surface area contributed by atoms with Crippen molar-refractivity contribution in [2.24, 2.45) is 11.3 Å². The molecule has 3 heterocycles. The molecule has 0 N–H and O–H groups in total. The Labute approximate surface area is 159 Å². The quantitative estimate of drug-likeness (QED) is 0.408. The van der Waals surface area contributed by atoms with Gasteiger partial charge in [0.15, 0.2) is 0 Å². The molecule has 1 aliphatic carbocycles. The highest BCUT2D eigenvalue weighted by Crippen LogP contribution is 2.41. The van der Waals surface area contributed by atoms with Crippen LogP contribution in [-0.4, -0.2) is 9.97 Å². The second-order valence-corrected chi connectivity index (χ2v) is 8.76. The van der Waals surface area contributed by atoms with Crippen LogP contribution in [0.4, 0.5) is 0 Å². The van der Waals surface area contributed by atoms with Crippen molar-refractivity contribution >= 4 is 21.9 Å². The van der Waals surface area contributed by atoms with Gasteiger partial charge in [0.2, 0.25) is 0 Å². The summed E-state index contributed by atoms with van der Waals surface area (Å²) in [6.07, 6.45) is 9.15. The lowest BCUT2D eigenvalue weighted by Crippen LogP contribution is -2.27. The summed E-state index contributed by atoms with van der Waals surface area (Å²) in [7, 11) is 0. The Hall–Kier alpha value is -2.68. The summed E-state index contributed by atoms with van der Waals surface area (Å²) in [5.74, 6) is 0.709. The highest BCUT2D eigenvalue weighted by atomic mass is 16.3. The Morgan fingerprint density at radius 1 is 1.04 bits per heavy atom. The zero-order valence-corrected chi connectivity index (χ0v) is 16.1. The van der Waals surface area contributed by atoms with E-state index in [4.69, 9.17) is 9.40 Å². The van der Waals surface area contributed by atoms with Gasteiger partial charge in [0.25, 0.3) is 0 Å². The van der Waals surface area contributed by atoms with Crippen molar-refractivity contribution in [2.45, 2.75) is 40.0 Å². The molecule has 0 fully saturated rings. The SMILES string of the molecule is CC(C)(C)C1CCc2c(ccnc2-c2cncc3c2oc2ccccc23)C1. The molecular weight excluding hydrogens is 332 g/mol. The van der Waals surface area contributed by atoms with E-state index in [1.165, 1.54) is 17.5 Å². The molecule has 1 aliphatic rings. The second-order valence-electron chi connectivity index (χ2n) is 8.76. The van der Waals surface area contributed by atoms with E-state index in [-0.39, 0.29) is 0 Å². The van der Waals surface area contributed by atoms with Gasteiger partial charge < -0.3 is 4.42 Å². The molecule has 3 heteroatoms. The molecule has 1 atom stereocenters. The summed E-state index contributed by atoms with van der Waals surface area (Å²) in [6, 6.07) is 10.4. The van der Waals surface area contributed by atoms with Crippen LogP contribution in [0, 0.1) is 11.3 Å². The number of fused-ring (bicyclic) bond motifs is 4. The number of para-hydroxylation sites is 1. The molecule has 0 amide bonds. The lowest BCUT2D eigenvalue weighted by molar-refractivity contribution is 0.216. The first kappa shape index (κ1) is 16.5. The van der Waals surface area contributed by atoms with Crippen LogP contribution in [-0.2, 0) is 12.8 Å². The number of rotatable bonds is 1. The number of aromatic nitrogens is 2. The van der Waals surface area contributed by atoms with E-state index in [9.17, 15) is 0 Å². The number of benzene rings is 1. The smallest absolute Gasteiger partial charge is 0.147 e. The molecule has 4 aromatic rings. The number of hydrogen-bond donors (Lipinski definition) is 0. The Morgan fingerprint density at radius 2 is 1.89 bits per heavy atom. The van der Waals surface area contributed by atoms with Crippen molar-refractivity contribution in [1.29, 1.82) is 0 Å². The van der Waals surface area contributed by atoms with Crippen LogP contribution >= 0.6 is 0 Å². The van der Waals surface area contributed by atoms with E-state index < -0.39 is 0 Å². The number of nitrogens with zero attached hydrogens (tertiary/aromatic N) is 2. The van der Waals surface area contributed by atoms with E-state index in [0.717, 1.165) is 46.0 Å². The Bertz CT molecular complexity index is 1150. The third kappa shape index (κ3) is 2.64. The molecule has 136 valence electrons. The number of furan rings is 1. The number of hydrogen-bond acceptors (Lipinski definition) is 3. The molecule has 0 saturated heterocycles. The van der Waals surface area contributed by atoms with Crippen molar-refractivity contribution in [3.8, 4) is 11.3 Å². The van der Waals surface area contributed by atoms with E-state index in [2.05, 4.69) is 37.9 Å². The standard InChI is InChI=1S/C24H24N2O/c1-24(2,3)16-8-9-17-15(12-16)10-11-26-22(17)20-14-25-13-19-18-6-4-5-7-21(18)27-23(19)20/h4-7,10-11,13-14,16H,8-9,12H2,1-3H3. The lowest BCUT2D eigenvalue weighted by atomic mass is 9.70. The van der Waals surface area contributed by atoms with Gasteiger partial charge in [0.05, 0.1) is 11.3 Å². The highest BCUT2D eigenvalue weighted by molar-refractivity contribution is 6.08. The Morgan fingerprint density at radius 3 is 2.74 bits per heavy atom. The molecule has 0 spiro atoms. The summed E-state index contributed by atoms with van der Waals surface area (Å²) in [4.78, 5) is 9.28. The van der Waals surface area contributed by atoms with Gasteiger partial charge in [-0.3, -0.25) is 9.97 Å². The summed E-state index contributed by atoms with van der Waals surface area (Å²) in [5.41, 5.74) is 6.98. The summed E-state index contributed by atoms with van der Waals surface area (Å²) in [5, 5.41) is 2.17. The van der Waals surface area contributed by atoms with Gasteiger partial charge in [-0.25, -0.2) is 0 Å². The fourth-order valence-corrected chi connectivity index (χ4v) is 4.47. The van der Waals surface area contributed by atoms with Crippen molar-refractivity contribution in [3.63, 3.8) is 0 Å². The predicted molar refractivity (Wildman–Crippen MR) is 110 cm³/mol. The van der Waals surface area contributed by atoms with Crippen LogP contribution in [0.2, 0.25) is 0 Å². The Balaban J connectivity index is 1.69. The first-order valence-corrected chi connectivity index (χ1v) is 9.75. The third-order valence-electron chi connectivity index (χ3n) is 6.13. The maximum Gasteiger partial charge on any atom is 0.147 e. The van der Waals surface area contributed by atoms with E-state index in [1.807, 2.05) is 36.8 Å². The fourth-order valence-electron chi connectivity index (χ4n) is 4.47. The van der Waals surface area contributed by atoms with Crippen molar-refractivity contribution < 1.29 is 4.42 Å². The minimum atomic E-state index is 0.335. The maximum absolute atomic E-state index is 6.22. The van der Waals surface area contributed by atoms with Crippen LogP contribution in [0.15, 0.2) is 53.3 Å².